The maximum Gasteiger partial charge on any atom is 0.414 e. The van der Waals surface area contributed by atoms with E-state index < -0.39 is 11.7 Å². The number of benzene rings is 1. The molecule has 1 aromatic heterocycles. The number of allylic oxidation sites excluding steroid dienone is 2. The third-order valence-corrected chi connectivity index (χ3v) is 5.79. The molecule has 1 fully saturated rings. The Balaban J connectivity index is 1.75. The minimum Gasteiger partial charge on any atom is -0.386 e. The van der Waals surface area contributed by atoms with Crippen LogP contribution in [0.4, 0.5) is 13.2 Å². The Labute approximate surface area is 167 Å². The highest BCUT2D eigenvalue weighted by Crippen LogP contribution is 2.36. The lowest BCUT2D eigenvalue weighted by Gasteiger charge is -2.22. The van der Waals surface area contributed by atoms with Gasteiger partial charge in [0.25, 0.3) is 0 Å². The second-order valence-corrected chi connectivity index (χ2v) is 7.63. The van der Waals surface area contributed by atoms with Crippen molar-refractivity contribution in [2.45, 2.75) is 31.5 Å². The number of halogens is 3. The van der Waals surface area contributed by atoms with E-state index in [0.717, 1.165) is 41.5 Å². The van der Waals surface area contributed by atoms with Gasteiger partial charge in [-0.1, -0.05) is 6.08 Å². The number of hydrogen-bond acceptors (Lipinski definition) is 4. The zero-order valence-electron chi connectivity index (χ0n) is 16.2. The lowest BCUT2D eigenvalue weighted by atomic mass is 9.91. The van der Waals surface area contributed by atoms with E-state index in [2.05, 4.69) is 33.7 Å². The zero-order valence-corrected chi connectivity index (χ0v) is 16.2. The van der Waals surface area contributed by atoms with Gasteiger partial charge in [-0.15, -0.1) is 6.58 Å². The van der Waals surface area contributed by atoms with Gasteiger partial charge in [-0.3, -0.25) is 4.90 Å². The third-order valence-electron chi connectivity index (χ3n) is 5.79. The first kappa shape index (κ1) is 19.6. The first-order valence-electron chi connectivity index (χ1n) is 9.69. The Kier molecular flexibility index (Phi) is 5.17. The molecule has 29 heavy (non-hydrogen) atoms. The molecule has 2 atom stereocenters. The average Bonchev–Trinajstić information content (AvgIpc) is 3.22. The van der Waals surface area contributed by atoms with Gasteiger partial charge in [0.15, 0.2) is 0 Å². The van der Waals surface area contributed by atoms with Crippen molar-refractivity contribution >= 4 is 16.5 Å². The summed E-state index contributed by atoms with van der Waals surface area (Å²) in [6.07, 6.45) is 4.68. The Hall–Kier alpha value is -2.67. The van der Waals surface area contributed by atoms with Gasteiger partial charge in [0.2, 0.25) is 0 Å². The number of fused-ring (bicyclic) bond motifs is 1. The van der Waals surface area contributed by atoms with Crippen molar-refractivity contribution in [2.75, 3.05) is 19.6 Å². The van der Waals surface area contributed by atoms with E-state index in [0.29, 0.717) is 5.57 Å². The van der Waals surface area contributed by atoms with Gasteiger partial charge in [-0.25, -0.2) is 9.97 Å². The summed E-state index contributed by atoms with van der Waals surface area (Å²) in [7, 11) is 0. The predicted octanol–water partition coefficient (Wildman–Crippen LogP) is 4.43. The highest BCUT2D eigenvalue weighted by Gasteiger charge is 2.34. The Bertz CT molecular complexity index is 993. The molecule has 7 heteroatoms. The lowest BCUT2D eigenvalue weighted by molar-refractivity contribution is -0.0927. The first-order valence-corrected chi connectivity index (χ1v) is 9.69. The van der Waals surface area contributed by atoms with Gasteiger partial charge in [0.1, 0.15) is 6.33 Å². The molecule has 0 saturated carbocycles. The SMILES string of the molecule is C=CC(C)N1CCC(c2cc(C3=CNCC(C(F)(F)F)=C3)cc3cncnc23)C1. The van der Waals surface area contributed by atoms with Crippen LogP contribution in [0.1, 0.15) is 30.4 Å². The van der Waals surface area contributed by atoms with Crippen molar-refractivity contribution in [2.24, 2.45) is 0 Å². The summed E-state index contributed by atoms with van der Waals surface area (Å²) in [5.41, 5.74) is 2.61. The number of alkyl halides is 3. The summed E-state index contributed by atoms with van der Waals surface area (Å²) >= 11 is 0. The summed E-state index contributed by atoms with van der Waals surface area (Å²) in [5.74, 6) is 0.262. The molecule has 152 valence electrons. The van der Waals surface area contributed by atoms with Crippen LogP contribution < -0.4 is 5.32 Å². The van der Waals surface area contributed by atoms with Gasteiger partial charge in [0, 0.05) is 42.8 Å². The van der Waals surface area contributed by atoms with Crippen LogP contribution in [0.15, 0.2) is 55.2 Å². The van der Waals surface area contributed by atoms with E-state index in [4.69, 9.17) is 0 Å². The molecular weight excluding hydrogens is 377 g/mol. The van der Waals surface area contributed by atoms with E-state index in [1.165, 1.54) is 12.4 Å². The second kappa shape index (κ2) is 7.63. The predicted molar refractivity (Wildman–Crippen MR) is 108 cm³/mol. The summed E-state index contributed by atoms with van der Waals surface area (Å²) in [6, 6.07) is 4.14. The normalized spacial score (nSPS) is 21.4. The van der Waals surface area contributed by atoms with Crippen molar-refractivity contribution in [1.82, 2.24) is 20.2 Å². The van der Waals surface area contributed by atoms with Crippen molar-refractivity contribution in [1.29, 1.82) is 0 Å². The molecule has 2 aliphatic heterocycles. The standard InChI is InChI=1S/C22H23F3N4/c1-3-14(2)29-5-4-15(12-29)20-8-16(6-18-10-27-13-28-21(18)20)17-7-19(11-26-9-17)22(23,24)25/h3,6-10,13-15,26H,1,4-5,11-12H2,2H3. The molecule has 1 saturated heterocycles. The Morgan fingerprint density at radius 1 is 1.34 bits per heavy atom. The molecule has 0 radical (unpaired) electrons. The van der Waals surface area contributed by atoms with Crippen LogP contribution in [0.5, 0.6) is 0 Å². The van der Waals surface area contributed by atoms with Crippen LogP contribution in [-0.2, 0) is 0 Å². The van der Waals surface area contributed by atoms with E-state index >= 15 is 0 Å². The highest BCUT2D eigenvalue weighted by molar-refractivity contribution is 5.88. The largest absolute Gasteiger partial charge is 0.414 e. The topological polar surface area (TPSA) is 41.0 Å². The number of dihydropyridines is 1. The second-order valence-electron chi connectivity index (χ2n) is 7.63. The molecule has 0 bridgehead atoms. The number of hydrogen-bond donors (Lipinski definition) is 1. The van der Waals surface area contributed by atoms with E-state index in [1.54, 1.807) is 12.4 Å². The maximum absolute atomic E-state index is 13.2. The van der Waals surface area contributed by atoms with Gasteiger partial charge in [-0.05, 0) is 54.8 Å². The van der Waals surface area contributed by atoms with Crippen molar-refractivity contribution in [3.8, 4) is 0 Å². The smallest absolute Gasteiger partial charge is 0.386 e. The average molecular weight is 400 g/mol. The van der Waals surface area contributed by atoms with E-state index in [-0.39, 0.29) is 18.5 Å². The van der Waals surface area contributed by atoms with Gasteiger partial charge in [0.05, 0.1) is 11.1 Å². The molecule has 4 nitrogen and oxygen atoms in total. The number of likely N-dealkylation sites (tertiary alicyclic amines) is 1. The fourth-order valence-electron chi connectivity index (χ4n) is 4.07. The Morgan fingerprint density at radius 3 is 2.93 bits per heavy atom. The fraction of sp³-hybridized carbons (Fsp3) is 0.364. The third kappa shape index (κ3) is 3.92. The van der Waals surface area contributed by atoms with Crippen LogP contribution >= 0.6 is 0 Å². The van der Waals surface area contributed by atoms with E-state index in [9.17, 15) is 13.2 Å². The fourth-order valence-corrected chi connectivity index (χ4v) is 4.07. The molecule has 2 unspecified atom stereocenters. The maximum atomic E-state index is 13.2. The molecule has 0 spiro atoms. The number of nitrogens with one attached hydrogen (secondary N) is 1. The molecule has 1 aromatic carbocycles. The monoisotopic (exact) mass is 400 g/mol. The molecule has 2 aliphatic rings. The van der Waals surface area contributed by atoms with Crippen LogP contribution in [0.2, 0.25) is 0 Å². The van der Waals surface area contributed by atoms with Crippen LogP contribution in [0.3, 0.4) is 0 Å². The summed E-state index contributed by atoms with van der Waals surface area (Å²) in [5, 5.41) is 3.59. The molecule has 3 heterocycles. The molecule has 0 amide bonds. The molecule has 0 aliphatic carbocycles. The summed E-state index contributed by atoms with van der Waals surface area (Å²) in [6.45, 7) is 7.61. The van der Waals surface area contributed by atoms with Crippen LogP contribution in [0.25, 0.3) is 16.5 Å². The zero-order chi connectivity index (χ0) is 20.6. The van der Waals surface area contributed by atoms with Gasteiger partial charge < -0.3 is 5.32 Å². The van der Waals surface area contributed by atoms with Crippen LogP contribution in [-0.4, -0.2) is 46.7 Å². The summed E-state index contributed by atoms with van der Waals surface area (Å²) < 4.78 is 39.6. The number of rotatable bonds is 4. The molecular formula is C22H23F3N4. The highest BCUT2D eigenvalue weighted by atomic mass is 19.4. The summed E-state index contributed by atoms with van der Waals surface area (Å²) in [4.78, 5) is 10.9. The number of aromatic nitrogens is 2. The first-order chi connectivity index (χ1) is 13.9. The molecule has 2 aromatic rings. The van der Waals surface area contributed by atoms with Crippen molar-refractivity contribution in [3.63, 3.8) is 0 Å². The minimum absolute atomic E-state index is 0.215. The lowest BCUT2D eigenvalue weighted by Crippen LogP contribution is -2.28. The molecule has 4 rings (SSSR count). The minimum atomic E-state index is -4.35. The quantitative estimate of drug-likeness (QED) is 0.771. The number of nitrogens with zero attached hydrogens (tertiary/aromatic N) is 3. The molecule has 1 N–H and O–H groups in total. The van der Waals surface area contributed by atoms with Gasteiger partial charge >= 0.3 is 6.18 Å². The Morgan fingerprint density at radius 2 is 2.17 bits per heavy atom. The van der Waals surface area contributed by atoms with Crippen molar-refractivity contribution in [3.05, 3.63) is 66.3 Å². The van der Waals surface area contributed by atoms with E-state index in [1.807, 2.05) is 18.2 Å². The van der Waals surface area contributed by atoms with Crippen LogP contribution in [0, 0.1) is 0 Å². The van der Waals surface area contributed by atoms with Gasteiger partial charge in [-0.2, -0.15) is 13.2 Å². The van der Waals surface area contributed by atoms with Crippen molar-refractivity contribution < 1.29 is 13.2 Å².